The second kappa shape index (κ2) is 5.41. The lowest BCUT2D eigenvalue weighted by Gasteiger charge is -2.27. The zero-order valence-electron chi connectivity index (χ0n) is 13.3. The number of nitrogens with zero attached hydrogens (tertiary/aromatic N) is 3. The lowest BCUT2D eigenvalue weighted by molar-refractivity contribution is 0.174. The van der Waals surface area contributed by atoms with Gasteiger partial charge in [-0.1, -0.05) is 30.8 Å². The summed E-state index contributed by atoms with van der Waals surface area (Å²) in [6.07, 6.45) is 1.84. The first-order valence-electron chi connectivity index (χ1n) is 8.11. The minimum atomic E-state index is 0.0153. The Hall–Kier alpha value is -2.21. The van der Waals surface area contributed by atoms with Gasteiger partial charge in [-0.3, -0.25) is 9.98 Å². The molecule has 1 fully saturated rings. The first-order valence-corrected chi connectivity index (χ1v) is 8.99. The van der Waals surface area contributed by atoms with Gasteiger partial charge in [0.05, 0.1) is 11.7 Å². The first kappa shape index (κ1) is 14.2. The number of pyridine rings is 1. The minimum Gasteiger partial charge on any atom is -0.454 e. The standard InChI is InChI=1S/C18H17N3O2S/c1-11-9-21-17(12-5-6-14-15(8-12)23-10-22-14)16(20-18(21)24-11)13-4-2-3-7-19-13/h2-8,11,16-17H,9-10H2,1H3/t11-,16+,17-/m0/s1. The summed E-state index contributed by atoms with van der Waals surface area (Å²) in [5, 5.41) is 1.69. The fraction of sp³-hybridized carbons (Fsp3) is 0.333. The molecule has 0 spiro atoms. The number of aliphatic imine (C=N–C) groups is 1. The van der Waals surface area contributed by atoms with Crippen LogP contribution in [0, 0.1) is 0 Å². The summed E-state index contributed by atoms with van der Waals surface area (Å²) < 4.78 is 11.0. The Morgan fingerprint density at radius 2 is 2.08 bits per heavy atom. The molecular formula is C18H17N3O2S. The van der Waals surface area contributed by atoms with Gasteiger partial charge in [-0.2, -0.15) is 0 Å². The maximum absolute atomic E-state index is 5.57. The molecule has 5 rings (SSSR count). The highest BCUT2D eigenvalue weighted by Gasteiger charge is 2.43. The van der Waals surface area contributed by atoms with Crippen molar-refractivity contribution in [3.63, 3.8) is 0 Å². The zero-order chi connectivity index (χ0) is 16.1. The van der Waals surface area contributed by atoms with Crippen LogP contribution in [0.15, 0.2) is 47.6 Å². The molecular weight excluding hydrogens is 322 g/mol. The lowest BCUT2D eigenvalue weighted by atomic mass is 9.96. The summed E-state index contributed by atoms with van der Waals surface area (Å²) in [5.74, 6) is 1.64. The average molecular weight is 339 g/mol. The summed E-state index contributed by atoms with van der Waals surface area (Å²) in [7, 11) is 0. The summed E-state index contributed by atoms with van der Waals surface area (Å²) >= 11 is 1.85. The van der Waals surface area contributed by atoms with Gasteiger partial charge in [0.25, 0.3) is 0 Å². The summed E-state index contributed by atoms with van der Waals surface area (Å²) in [5.41, 5.74) is 2.21. The average Bonchev–Trinajstić information content (AvgIpc) is 3.28. The third-order valence-corrected chi connectivity index (χ3v) is 5.72. The Balaban J connectivity index is 1.58. The van der Waals surface area contributed by atoms with Crippen molar-refractivity contribution in [1.29, 1.82) is 0 Å². The third-order valence-electron chi connectivity index (χ3n) is 4.62. The Kier molecular flexibility index (Phi) is 3.19. The van der Waals surface area contributed by atoms with E-state index in [4.69, 9.17) is 14.5 Å². The van der Waals surface area contributed by atoms with Crippen molar-refractivity contribution in [2.24, 2.45) is 4.99 Å². The van der Waals surface area contributed by atoms with Gasteiger partial charge in [-0.15, -0.1) is 0 Å². The zero-order valence-corrected chi connectivity index (χ0v) is 14.1. The molecule has 3 atom stereocenters. The summed E-state index contributed by atoms with van der Waals surface area (Å²) in [4.78, 5) is 12.0. The molecule has 1 saturated heterocycles. The minimum absolute atomic E-state index is 0.0153. The number of ether oxygens (including phenoxy) is 2. The molecule has 0 amide bonds. The van der Waals surface area contributed by atoms with Crippen LogP contribution < -0.4 is 9.47 Å². The molecule has 1 aromatic carbocycles. The van der Waals surface area contributed by atoms with E-state index in [0.29, 0.717) is 12.0 Å². The molecule has 1 aromatic heterocycles. The van der Waals surface area contributed by atoms with Gasteiger partial charge in [0.2, 0.25) is 6.79 Å². The van der Waals surface area contributed by atoms with Crippen LogP contribution in [0.1, 0.15) is 30.3 Å². The lowest BCUT2D eigenvalue weighted by Crippen LogP contribution is -2.28. The Morgan fingerprint density at radius 3 is 2.96 bits per heavy atom. The van der Waals surface area contributed by atoms with E-state index < -0.39 is 0 Å². The van der Waals surface area contributed by atoms with E-state index in [0.717, 1.165) is 28.9 Å². The highest BCUT2D eigenvalue weighted by Crippen LogP contribution is 2.48. The molecule has 3 aliphatic rings. The fourth-order valence-corrected chi connectivity index (χ4v) is 4.67. The Labute approximate surface area is 144 Å². The third kappa shape index (κ3) is 2.17. The van der Waals surface area contributed by atoms with E-state index in [1.54, 1.807) is 0 Å². The maximum atomic E-state index is 5.57. The van der Waals surface area contributed by atoms with Gasteiger partial charge in [0, 0.05) is 18.0 Å². The smallest absolute Gasteiger partial charge is 0.231 e. The highest BCUT2D eigenvalue weighted by atomic mass is 32.2. The highest BCUT2D eigenvalue weighted by molar-refractivity contribution is 8.14. The van der Waals surface area contributed by atoms with E-state index >= 15 is 0 Å². The van der Waals surface area contributed by atoms with Gasteiger partial charge in [-0.25, -0.2) is 0 Å². The number of fused-ring (bicyclic) bond motifs is 2. The van der Waals surface area contributed by atoms with Crippen molar-refractivity contribution in [2.45, 2.75) is 24.3 Å². The van der Waals surface area contributed by atoms with E-state index in [9.17, 15) is 0 Å². The molecule has 0 unspecified atom stereocenters. The first-order chi connectivity index (χ1) is 11.8. The van der Waals surface area contributed by atoms with E-state index in [-0.39, 0.29) is 12.1 Å². The van der Waals surface area contributed by atoms with Crippen LogP contribution >= 0.6 is 11.8 Å². The van der Waals surface area contributed by atoms with Crippen molar-refractivity contribution in [3.8, 4) is 11.5 Å². The Bertz CT molecular complexity index is 811. The van der Waals surface area contributed by atoms with Crippen LogP contribution in [0.4, 0.5) is 0 Å². The molecule has 0 aliphatic carbocycles. The summed E-state index contributed by atoms with van der Waals surface area (Å²) in [6.45, 7) is 3.55. The maximum Gasteiger partial charge on any atom is 0.231 e. The van der Waals surface area contributed by atoms with Gasteiger partial charge in [0.1, 0.15) is 6.04 Å². The number of hydrogen-bond donors (Lipinski definition) is 0. The number of hydrogen-bond acceptors (Lipinski definition) is 6. The van der Waals surface area contributed by atoms with Gasteiger partial charge in [0.15, 0.2) is 16.7 Å². The van der Waals surface area contributed by atoms with Gasteiger partial charge >= 0.3 is 0 Å². The number of rotatable bonds is 2. The van der Waals surface area contributed by atoms with Crippen LogP contribution in [0.5, 0.6) is 11.5 Å². The number of amidine groups is 1. The molecule has 0 bridgehead atoms. The van der Waals surface area contributed by atoms with Crippen molar-refractivity contribution in [3.05, 3.63) is 53.9 Å². The topological polar surface area (TPSA) is 47.0 Å². The van der Waals surface area contributed by atoms with Gasteiger partial charge < -0.3 is 14.4 Å². The predicted octanol–water partition coefficient (Wildman–Crippen LogP) is 3.40. The molecule has 24 heavy (non-hydrogen) atoms. The monoisotopic (exact) mass is 339 g/mol. The molecule has 0 saturated carbocycles. The number of thioether (sulfide) groups is 1. The molecule has 6 heteroatoms. The van der Waals surface area contributed by atoms with Crippen LogP contribution in [0.2, 0.25) is 0 Å². The van der Waals surface area contributed by atoms with Crippen molar-refractivity contribution in [2.75, 3.05) is 13.3 Å². The van der Waals surface area contributed by atoms with E-state index in [1.807, 2.05) is 36.2 Å². The number of aromatic nitrogens is 1. The fourth-order valence-electron chi connectivity index (χ4n) is 3.58. The van der Waals surface area contributed by atoms with Crippen LogP contribution in [0.3, 0.4) is 0 Å². The Morgan fingerprint density at radius 1 is 1.17 bits per heavy atom. The molecule has 122 valence electrons. The molecule has 2 aromatic rings. The van der Waals surface area contributed by atoms with E-state index in [1.165, 1.54) is 5.56 Å². The van der Waals surface area contributed by atoms with Crippen molar-refractivity contribution >= 4 is 16.9 Å². The van der Waals surface area contributed by atoms with Crippen LogP contribution in [-0.4, -0.2) is 33.6 Å². The summed E-state index contributed by atoms with van der Waals surface area (Å²) in [6, 6.07) is 12.4. The largest absolute Gasteiger partial charge is 0.454 e. The molecule has 0 N–H and O–H groups in total. The van der Waals surface area contributed by atoms with Crippen molar-refractivity contribution in [1.82, 2.24) is 9.88 Å². The van der Waals surface area contributed by atoms with Crippen LogP contribution in [0.25, 0.3) is 0 Å². The molecule has 5 nitrogen and oxygen atoms in total. The van der Waals surface area contributed by atoms with E-state index in [2.05, 4.69) is 35.0 Å². The SMILES string of the molecule is C[C@H]1CN2C(=N[C@H](c3ccccn3)[C@@H]2c2ccc3c(c2)OCO3)S1. The second-order valence-corrected chi connectivity index (χ2v) is 7.66. The quantitative estimate of drug-likeness (QED) is 0.839. The second-order valence-electron chi connectivity index (χ2n) is 6.25. The normalized spacial score (nSPS) is 27.3. The van der Waals surface area contributed by atoms with Crippen molar-refractivity contribution < 1.29 is 9.47 Å². The van der Waals surface area contributed by atoms with Crippen LogP contribution in [-0.2, 0) is 0 Å². The molecule has 0 radical (unpaired) electrons. The molecule has 3 aliphatic heterocycles. The predicted molar refractivity (Wildman–Crippen MR) is 93.5 cm³/mol. The number of benzene rings is 1. The van der Waals surface area contributed by atoms with Gasteiger partial charge in [-0.05, 0) is 29.8 Å². The molecule has 4 heterocycles.